The number of hydrogen-bond donors (Lipinski definition) is 0. The van der Waals surface area contributed by atoms with E-state index in [2.05, 4.69) is 13.8 Å². The lowest BCUT2D eigenvalue weighted by atomic mass is 10.0. The van der Waals surface area contributed by atoms with Crippen LogP contribution in [0, 0.1) is 0 Å². The average Bonchev–Trinajstić information content (AvgIpc) is 2.16. The Morgan fingerprint density at radius 3 is 1.69 bits per heavy atom. The van der Waals surface area contributed by atoms with Crippen LogP contribution in [-0.4, -0.2) is 22.7 Å². The van der Waals surface area contributed by atoms with Gasteiger partial charge < -0.3 is 3.79 Å². The summed E-state index contributed by atoms with van der Waals surface area (Å²) in [5.74, 6) is 0. The molecule has 2 heteroatoms. The molecule has 0 amide bonds. The van der Waals surface area contributed by atoms with Crippen molar-refractivity contribution in [3.05, 3.63) is 0 Å². The highest BCUT2D eigenvalue weighted by molar-refractivity contribution is 5.98. The monoisotopic (exact) mass is 200 g/mol. The van der Waals surface area contributed by atoms with Gasteiger partial charge in [-0.25, -0.2) is 0 Å². The zero-order valence-electron chi connectivity index (χ0n) is 9.64. The van der Waals surface area contributed by atoms with Gasteiger partial charge in [0.05, 0.1) is 0 Å². The third-order valence-corrected chi connectivity index (χ3v) is 3.26. The van der Waals surface area contributed by atoms with Gasteiger partial charge in [-0.2, -0.15) is 0 Å². The molecule has 0 N–H and O–H groups in total. The summed E-state index contributed by atoms with van der Waals surface area (Å²) >= 11 is 0.909. The van der Waals surface area contributed by atoms with E-state index in [1.807, 2.05) is 0 Å². The van der Waals surface area contributed by atoms with Crippen molar-refractivity contribution in [2.75, 3.05) is 0 Å². The summed E-state index contributed by atoms with van der Waals surface area (Å²) in [4.78, 5) is 0. The summed E-state index contributed by atoms with van der Waals surface area (Å²) in [7, 11) is 0. The first-order valence-electron chi connectivity index (χ1n) is 5.87. The first-order chi connectivity index (χ1) is 6.35. The van der Waals surface area contributed by atoms with Crippen LogP contribution in [0.1, 0.15) is 65.2 Å². The smallest absolute Gasteiger partial charge is 0.410 e. The van der Waals surface area contributed by atoms with E-state index in [1.165, 1.54) is 51.4 Å². The van der Waals surface area contributed by atoms with Crippen LogP contribution < -0.4 is 0 Å². The SMILES string of the molecule is CCCCCC(CCCCC)[O][AlH2]. The molecule has 0 aromatic rings. The second-order valence-corrected chi connectivity index (χ2v) is 4.32. The average molecular weight is 200 g/mol. The van der Waals surface area contributed by atoms with Crippen LogP contribution in [0.3, 0.4) is 0 Å². The third-order valence-electron chi connectivity index (χ3n) is 2.59. The van der Waals surface area contributed by atoms with Crippen molar-refractivity contribution in [2.45, 2.75) is 71.3 Å². The van der Waals surface area contributed by atoms with Crippen LogP contribution in [0.25, 0.3) is 0 Å². The van der Waals surface area contributed by atoms with E-state index in [0.29, 0.717) is 6.10 Å². The van der Waals surface area contributed by atoms with Crippen molar-refractivity contribution in [3.8, 4) is 0 Å². The molecule has 0 unspecified atom stereocenters. The van der Waals surface area contributed by atoms with Crippen molar-refractivity contribution in [1.29, 1.82) is 0 Å². The van der Waals surface area contributed by atoms with Crippen LogP contribution in [-0.2, 0) is 3.79 Å². The van der Waals surface area contributed by atoms with Crippen LogP contribution >= 0.6 is 0 Å². The summed E-state index contributed by atoms with van der Waals surface area (Å²) in [6, 6.07) is 0. The Balaban J connectivity index is 3.28. The molecule has 0 rings (SSSR count). The summed E-state index contributed by atoms with van der Waals surface area (Å²) in [6.45, 7) is 4.52. The maximum atomic E-state index is 5.58. The second kappa shape index (κ2) is 10.6. The Labute approximate surface area is 92.0 Å². The maximum absolute atomic E-state index is 5.58. The highest BCUT2D eigenvalue weighted by Crippen LogP contribution is 2.12. The van der Waals surface area contributed by atoms with Gasteiger partial charge in [0.1, 0.15) is 0 Å². The van der Waals surface area contributed by atoms with Crippen molar-refractivity contribution in [2.24, 2.45) is 0 Å². The normalized spacial score (nSPS) is 11.0. The fourth-order valence-corrected chi connectivity index (χ4v) is 2.10. The van der Waals surface area contributed by atoms with Crippen LogP contribution in [0.5, 0.6) is 0 Å². The Morgan fingerprint density at radius 1 is 0.923 bits per heavy atom. The van der Waals surface area contributed by atoms with E-state index in [0.717, 1.165) is 16.6 Å². The standard InChI is InChI=1S/C11H23O.Al.2H/c1-3-5-7-9-11(12)10-8-6-4-2;;;/h11H,3-10H2,1-2H3;;;/q-1;+1;;. The fourth-order valence-electron chi connectivity index (χ4n) is 1.62. The molecule has 0 saturated carbocycles. The second-order valence-electron chi connectivity index (χ2n) is 3.85. The van der Waals surface area contributed by atoms with Crippen molar-refractivity contribution < 1.29 is 3.79 Å². The molecule has 0 saturated heterocycles. The Morgan fingerprint density at radius 2 is 1.38 bits per heavy atom. The van der Waals surface area contributed by atoms with Crippen molar-refractivity contribution in [3.63, 3.8) is 0 Å². The van der Waals surface area contributed by atoms with Crippen LogP contribution in [0.15, 0.2) is 0 Å². The van der Waals surface area contributed by atoms with E-state index in [-0.39, 0.29) is 0 Å². The minimum Gasteiger partial charge on any atom is -0.504 e. The summed E-state index contributed by atoms with van der Waals surface area (Å²) in [5, 5.41) is 0. The van der Waals surface area contributed by atoms with Gasteiger partial charge in [-0.3, -0.25) is 0 Å². The summed E-state index contributed by atoms with van der Waals surface area (Å²) in [5.41, 5.74) is 0. The molecule has 0 radical (unpaired) electrons. The van der Waals surface area contributed by atoms with Gasteiger partial charge in [0.25, 0.3) is 0 Å². The minimum atomic E-state index is 0.588. The molecular weight excluding hydrogens is 175 g/mol. The van der Waals surface area contributed by atoms with Gasteiger partial charge in [0.15, 0.2) is 0 Å². The van der Waals surface area contributed by atoms with Gasteiger partial charge in [-0.15, -0.1) is 0 Å². The molecule has 0 bridgehead atoms. The number of unbranched alkanes of at least 4 members (excludes halogenated alkanes) is 4. The molecule has 0 atom stereocenters. The van der Waals surface area contributed by atoms with E-state index in [9.17, 15) is 0 Å². The summed E-state index contributed by atoms with van der Waals surface area (Å²) < 4.78 is 5.58. The molecule has 0 fully saturated rings. The fraction of sp³-hybridized carbons (Fsp3) is 1.00. The molecule has 0 aromatic carbocycles. The third kappa shape index (κ3) is 8.81. The van der Waals surface area contributed by atoms with Crippen molar-refractivity contribution >= 4 is 16.6 Å². The zero-order valence-corrected chi connectivity index (χ0v) is 11.6. The first kappa shape index (κ1) is 13.5. The van der Waals surface area contributed by atoms with Crippen LogP contribution in [0.2, 0.25) is 0 Å². The number of hydrogen-bond acceptors (Lipinski definition) is 1. The lowest BCUT2D eigenvalue weighted by Gasteiger charge is -2.16. The van der Waals surface area contributed by atoms with Gasteiger partial charge in [-0.05, 0) is 12.8 Å². The molecule has 0 aliphatic rings. The Bertz CT molecular complexity index is 86.1. The van der Waals surface area contributed by atoms with Gasteiger partial charge in [-0.1, -0.05) is 52.4 Å². The zero-order chi connectivity index (χ0) is 9.94. The van der Waals surface area contributed by atoms with Gasteiger partial charge >= 0.3 is 16.6 Å². The minimum absolute atomic E-state index is 0.588. The van der Waals surface area contributed by atoms with Crippen molar-refractivity contribution in [1.82, 2.24) is 0 Å². The number of rotatable bonds is 9. The Kier molecular flexibility index (Phi) is 11.0. The molecule has 0 heterocycles. The lowest BCUT2D eigenvalue weighted by molar-refractivity contribution is 0.190. The van der Waals surface area contributed by atoms with Crippen LogP contribution in [0.4, 0.5) is 0 Å². The predicted molar refractivity (Wildman–Crippen MR) is 61.7 cm³/mol. The first-order valence-corrected chi connectivity index (χ1v) is 6.69. The van der Waals surface area contributed by atoms with E-state index in [4.69, 9.17) is 3.79 Å². The lowest BCUT2D eigenvalue weighted by Crippen LogP contribution is -2.10. The molecule has 13 heavy (non-hydrogen) atoms. The quantitative estimate of drug-likeness (QED) is 0.410. The molecule has 0 aliphatic carbocycles. The topological polar surface area (TPSA) is 9.23 Å². The predicted octanol–water partition coefficient (Wildman–Crippen LogP) is 3.08. The highest BCUT2D eigenvalue weighted by atomic mass is 27.1. The van der Waals surface area contributed by atoms with Gasteiger partial charge in [0.2, 0.25) is 0 Å². The van der Waals surface area contributed by atoms with Gasteiger partial charge in [0, 0.05) is 6.10 Å². The van der Waals surface area contributed by atoms with E-state index in [1.54, 1.807) is 0 Å². The maximum Gasteiger partial charge on any atom is 0.410 e. The molecule has 0 spiro atoms. The molecule has 78 valence electrons. The molecule has 1 nitrogen and oxygen atoms in total. The van der Waals surface area contributed by atoms with E-state index < -0.39 is 0 Å². The largest absolute Gasteiger partial charge is 0.504 e. The summed E-state index contributed by atoms with van der Waals surface area (Å²) in [6.07, 6.45) is 11.3. The molecule has 0 aromatic heterocycles. The highest BCUT2D eigenvalue weighted by Gasteiger charge is 2.04. The Hall–Kier alpha value is 0.492. The molecule has 0 aliphatic heterocycles. The van der Waals surface area contributed by atoms with E-state index >= 15 is 0 Å². The molecular formula is C11H25AlO.